The predicted octanol–water partition coefficient (Wildman–Crippen LogP) is -1.51. The molecule has 184 valence electrons. The standard InChI is InChI=1S/C21H25N9O5/c22-7-8-24-15(31)6-5-14(20(34)35)28-18(32)11-1-3-12(4-2-11)25-9-13-10-26-17-16(27-13)19(33)30-21(23)29-17/h1-4,10,14,16,25H,5-9,22H2,(H,24,31)(H,28,32)(H,34,35)(H2,23,30,33). The smallest absolute Gasteiger partial charge is 0.326 e. The fraction of sp³-hybridized carbons (Fsp3) is 0.333. The van der Waals surface area contributed by atoms with Gasteiger partial charge in [0.2, 0.25) is 11.9 Å². The van der Waals surface area contributed by atoms with E-state index in [1.165, 1.54) is 18.3 Å². The Morgan fingerprint density at radius 1 is 1.23 bits per heavy atom. The zero-order valence-corrected chi connectivity index (χ0v) is 18.6. The number of benzene rings is 1. The van der Waals surface area contributed by atoms with Crippen LogP contribution < -0.4 is 27.0 Å². The lowest BCUT2D eigenvalue weighted by molar-refractivity contribution is -0.139. The summed E-state index contributed by atoms with van der Waals surface area (Å²) < 4.78 is 0. The van der Waals surface area contributed by atoms with Gasteiger partial charge in [0.15, 0.2) is 11.9 Å². The number of hydrogen-bond donors (Lipinski definition) is 7. The van der Waals surface area contributed by atoms with Gasteiger partial charge >= 0.3 is 5.97 Å². The Labute approximate surface area is 199 Å². The van der Waals surface area contributed by atoms with Crippen LogP contribution in [0.15, 0.2) is 39.2 Å². The second-order valence-corrected chi connectivity index (χ2v) is 7.56. The number of amidine groups is 1. The zero-order valence-electron chi connectivity index (χ0n) is 18.6. The first-order valence-corrected chi connectivity index (χ1v) is 10.7. The van der Waals surface area contributed by atoms with Gasteiger partial charge in [-0.25, -0.2) is 9.79 Å². The van der Waals surface area contributed by atoms with Crippen molar-refractivity contribution < 1.29 is 24.3 Å². The molecule has 35 heavy (non-hydrogen) atoms. The number of rotatable bonds is 11. The Morgan fingerprint density at radius 2 is 1.97 bits per heavy atom. The summed E-state index contributed by atoms with van der Waals surface area (Å²) in [5.41, 5.74) is 6.70. The lowest BCUT2D eigenvalue weighted by Gasteiger charge is -2.21. The Bertz CT molecular complexity index is 1110. The fourth-order valence-corrected chi connectivity index (χ4v) is 3.16. The minimum Gasteiger partial charge on any atom is -0.480 e. The van der Waals surface area contributed by atoms with E-state index < -0.39 is 29.9 Å². The molecule has 8 N–H and O–H groups in total. The Kier molecular flexibility index (Phi) is 8.34. The number of carbonyl (C=O) groups excluding carboxylic acids is 3. The SMILES string of the molecule is N=C1N=C2N=CC(CNc3ccc(C(=O)NC(CCC(=O)NCCN)C(=O)O)cc3)=NC2C(=O)N1. The maximum absolute atomic E-state index is 12.5. The minimum atomic E-state index is -1.24. The number of nitrogens with two attached hydrogens (primary N) is 1. The summed E-state index contributed by atoms with van der Waals surface area (Å²) in [5.74, 6) is -2.76. The van der Waals surface area contributed by atoms with Gasteiger partial charge < -0.3 is 26.8 Å². The molecule has 0 spiro atoms. The first kappa shape index (κ1) is 25.2. The molecule has 1 aromatic rings. The number of nitrogens with one attached hydrogen (secondary N) is 5. The van der Waals surface area contributed by atoms with Crippen LogP contribution in [-0.4, -0.2) is 84.2 Å². The van der Waals surface area contributed by atoms with Gasteiger partial charge in [-0.05, 0) is 30.7 Å². The molecule has 2 heterocycles. The number of carbonyl (C=O) groups is 4. The van der Waals surface area contributed by atoms with E-state index in [0.717, 1.165) is 0 Å². The molecule has 0 aromatic heterocycles. The van der Waals surface area contributed by atoms with Crippen LogP contribution in [-0.2, 0) is 14.4 Å². The summed E-state index contributed by atoms with van der Waals surface area (Å²) >= 11 is 0. The van der Waals surface area contributed by atoms with Crippen LogP contribution in [0.2, 0.25) is 0 Å². The highest BCUT2D eigenvalue weighted by atomic mass is 16.4. The monoisotopic (exact) mass is 483 g/mol. The van der Waals surface area contributed by atoms with Gasteiger partial charge in [0.25, 0.3) is 11.8 Å². The molecule has 0 fully saturated rings. The fourth-order valence-electron chi connectivity index (χ4n) is 3.16. The molecular formula is C21H25N9O5. The summed E-state index contributed by atoms with van der Waals surface area (Å²) in [6, 6.07) is 4.19. The summed E-state index contributed by atoms with van der Waals surface area (Å²) in [4.78, 5) is 59.8. The molecule has 2 atom stereocenters. The van der Waals surface area contributed by atoms with E-state index >= 15 is 0 Å². The van der Waals surface area contributed by atoms with Crippen LogP contribution in [0.1, 0.15) is 23.2 Å². The molecule has 0 saturated carbocycles. The van der Waals surface area contributed by atoms with Crippen molar-refractivity contribution in [2.45, 2.75) is 24.9 Å². The zero-order chi connectivity index (χ0) is 25.4. The third kappa shape index (κ3) is 7.01. The number of hydrogen-bond acceptors (Lipinski definition) is 9. The molecular weight excluding hydrogens is 458 g/mol. The normalized spacial score (nSPS) is 17.3. The number of aliphatic carboxylic acids is 1. The van der Waals surface area contributed by atoms with Gasteiger partial charge in [-0.1, -0.05) is 0 Å². The first-order chi connectivity index (χ1) is 16.8. The Balaban J connectivity index is 1.52. The molecule has 14 nitrogen and oxygen atoms in total. The van der Waals surface area contributed by atoms with E-state index in [1.807, 2.05) is 0 Å². The van der Waals surface area contributed by atoms with Gasteiger partial charge in [-0.15, -0.1) is 0 Å². The molecule has 0 saturated heterocycles. The number of aliphatic imine (C=N–C) groups is 3. The van der Waals surface area contributed by atoms with E-state index in [0.29, 0.717) is 17.9 Å². The average Bonchev–Trinajstić information content (AvgIpc) is 2.84. The number of anilines is 1. The Morgan fingerprint density at radius 3 is 2.66 bits per heavy atom. The topological polar surface area (TPSA) is 224 Å². The number of nitrogens with zero attached hydrogens (tertiary/aromatic N) is 3. The molecule has 14 heteroatoms. The molecule has 3 amide bonds. The predicted molar refractivity (Wildman–Crippen MR) is 128 cm³/mol. The number of carboxylic acid groups (broad SMARTS) is 1. The number of guanidine groups is 1. The van der Waals surface area contributed by atoms with Crippen LogP contribution in [0.5, 0.6) is 0 Å². The van der Waals surface area contributed by atoms with Crippen molar-refractivity contribution in [2.24, 2.45) is 20.7 Å². The van der Waals surface area contributed by atoms with E-state index in [4.69, 9.17) is 11.1 Å². The van der Waals surface area contributed by atoms with Gasteiger partial charge in [0.1, 0.15) is 6.04 Å². The molecule has 2 aliphatic heterocycles. The van der Waals surface area contributed by atoms with Crippen LogP contribution in [0.25, 0.3) is 0 Å². The van der Waals surface area contributed by atoms with Crippen molar-refractivity contribution in [1.29, 1.82) is 5.41 Å². The quantitative estimate of drug-likeness (QED) is 0.197. The molecule has 0 radical (unpaired) electrons. The Hall–Kier alpha value is -4.46. The molecule has 3 rings (SSSR count). The van der Waals surface area contributed by atoms with Crippen molar-refractivity contribution in [2.75, 3.05) is 25.0 Å². The molecule has 2 aliphatic rings. The largest absolute Gasteiger partial charge is 0.480 e. The van der Waals surface area contributed by atoms with E-state index in [2.05, 4.69) is 36.2 Å². The van der Waals surface area contributed by atoms with E-state index in [1.54, 1.807) is 12.1 Å². The second-order valence-electron chi connectivity index (χ2n) is 7.56. The second kappa shape index (κ2) is 11.6. The van der Waals surface area contributed by atoms with Gasteiger partial charge in [-0.2, -0.15) is 4.99 Å². The van der Waals surface area contributed by atoms with E-state index in [-0.39, 0.29) is 49.2 Å². The number of carboxylic acids is 1. The van der Waals surface area contributed by atoms with Crippen molar-refractivity contribution in [3.63, 3.8) is 0 Å². The third-order valence-corrected chi connectivity index (χ3v) is 4.95. The van der Waals surface area contributed by atoms with Crippen LogP contribution in [0, 0.1) is 5.41 Å². The highest BCUT2D eigenvalue weighted by Crippen LogP contribution is 2.12. The summed E-state index contributed by atoms with van der Waals surface area (Å²) in [7, 11) is 0. The van der Waals surface area contributed by atoms with Crippen molar-refractivity contribution in [1.82, 2.24) is 16.0 Å². The summed E-state index contributed by atoms with van der Waals surface area (Å²) in [6.07, 6.45) is 1.33. The number of amides is 3. The number of fused-ring (bicyclic) bond motifs is 1. The molecule has 1 aromatic carbocycles. The molecule has 0 bridgehead atoms. The van der Waals surface area contributed by atoms with Gasteiger partial charge in [0.05, 0.1) is 18.5 Å². The third-order valence-electron chi connectivity index (χ3n) is 4.95. The first-order valence-electron chi connectivity index (χ1n) is 10.7. The lowest BCUT2D eigenvalue weighted by Crippen LogP contribution is -2.47. The van der Waals surface area contributed by atoms with Gasteiger partial charge in [-0.3, -0.25) is 30.1 Å². The van der Waals surface area contributed by atoms with Crippen LogP contribution in [0.4, 0.5) is 5.69 Å². The molecule has 0 aliphatic carbocycles. The highest BCUT2D eigenvalue weighted by Gasteiger charge is 2.31. The van der Waals surface area contributed by atoms with Crippen LogP contribution in [0.3, 0.4) is 0 Å². The minimum absolute atomic E-state index is 0.0621. The average molecular weight is 483 g/mol. The maximum Gasteiger partial charge on any atom is 0.326 e. The van der Waals surface area contributed by atoms with Crippen molar-refractivity contribution in [3.05, 3.63) is 29.8 Å². The van der Waals surface area contributed by atoms with Crippen LogP contribution >= 0.6 is 0 Å². The lowest BCUT2D eigenvalue weighted by atomic mass is 10.1. The maximum atomic E-state index is 12.5. The summed E-state index contributed by atoms with van der Waals surface area (Å²) in [5, 5.41) is 27.1. The summed E-state index contributed by atoms with van der Waals surface area (Å²) in [6.45, 7) is 0.814. The van der Waals surface area contributed by atoms with Crippen molar-refractivity contribution in [3.8, 4) is 0 Å². The highest BCUT2D eigenvalue weighted by molar-refractivity contribution is 6.38. The molecule has 2 unspecified atom stereocenters. The van der Waals surface area contributed by atoms with Crippen molar-refractivity contribution >= 4 is 53.1 Å². The van der Waals surface area contributed by atoms with E-state index in [9.17, 15) is 24.3 Å². The van der Waals surface area contributed by atoms with Gasteiger partial charge in [0, 0.05) is 30.8 Å².